The molecule has 2 nitrogen and oxygen atoms in total. The van der Waals surface area contributed by atoms with Crippen molar-refractivity contribution in [2.75, 3.05) is 31.9 Å². The van der Waals surface area contributed by atoms with Gasteiger partial charge in [-0.1, -0.05) is 19.1 Å². The lowest BCUT2D eigenvalue weighted by atomic mass is 10.2. The molecule has 19 heavy (non-hydrogen) atoms. The molecule has 1 aromatic carbocycles. The molecule has 1 N–H and O–H groups in total. The monoisotopic (exact) mass is 282 g/mol. The maximum atomic E-state index is 13.5. The summed E-state index contributed by atoms with van der Waals surface area (Å²) in [6.07, 6.45) is 2.42. The van der Waals surface area contributed by atoms with Gasteiger partial charge >= 0.3 is 0 Å². The molecular weight excluding hydrogens is 259 g/mol. The van der Waals surface area contributed by atoms with Gasteiger partial charge in [0.15, 0.2) is 0 Å². The van der Waals surface area contributed by atoms with Crippen molar-refractivity contribution >= 4 is 11.8 Å². The zero-order chi connectivity index (χ0) is 13.5. The topological polar surface area (TPSA) is 15.3 Å². The Morgan fingerprint density at radius 3 is 2.89 bits per heavy atom. The summed E-state index contributed by atoms with van der Waals surface area (Å²) >= 11 is 1.62. The molecule has 106 valence electrons. The quantitative estimate of drug-likeness (QED) is 0.774. The molecule has 1 atom stereocenters. The largest absolute Gasteiger partial charge is 0.315 e. The molecule has 0 bridgehead atoms. The van der Waals surface area contributed by atoms with Gasteiger partial charge in [0.25, 0.3) is 0 Å². The predicted octanol–water partition coefficient (Wildman–Crippen LogP) is 2.99. The number of benzene rings is 1. The number of nitrogens with one attached hydrogen (secondary N) is 1. The number of hydrogen-bond acceptors (Lipinski definition) is 3. The highest BCUT2D eigenvalue weighted by atomic mass is 32.2. The van der Waals surface area contributed by atoms with Gasteiger partial charge in [0.1, 0.15) is 5.82 Å². The van der Waals surface area contributed by atoms with Crippen molar-refractivity contribution in [3.8, 4) is 0 Å². The summed E-state index contributed by atoms with van der Waals surface area (Å²) in [7, 11) is 0. The van der Waals surface area contributed by atoms with Gasteiger partial charge in [-0.2, -0.15) is 0 Å². The lowest BCUT2D eigenvalue weighted by molar-refractivity contribution is 0.221. The Morgan fingerprint density at radius 1 is 1.37 bits per heavy atom. The van der Waals surface area contributed by atoms with Gasteiger partial charge in [0, 0.05) is 29.8 Å². The van der Waals surface area contributed by atoms with Crippen LogP contribution in [-0.2, 0) is 0 Å². The van der Waals surface area contributed by atoms with Crippen molar-refractivity contribution < 1.29 is 4.39 Å². The lowest BCUT2D eigenvalue weighted by Gasteiger charge is -2.27. The van der Waals surface area contributed by atoms with Crippen LogP contribution in [0.4, 0.5) is 4.39 Å². The average molecular weight is 282 g/mol. The molecular formula is C15H23FN2S. The highest BCUT2D eigenvalue weighted by Gasteiger charge is 2.21. The van der Waals surface area contributed by atoms with Gasteiger partial charge in [-0.25, -0.2) is 4.39 Å². The van der Waals surface area contributed by atoms with E-state index in [0.29, 0.717) is 6.04 Å². The number of nitrogens with zero attached hydrogens (tertiary/aromatic N) is 1. The van der Waals surface area contributed by atoms with E-state index in [-0.39, 0.29) is 5.82 Å². The Balaban J connectivity index is 1.80. The van der Waals surface area contributed by atoms with E-state index in [0.717, 1.165) is 36.8 Å². The molecule has 1 aliphatic rings. The fourth-order valence-corrected chi connectivity index (χ4v) is 3.48. The van der Waals surface area contributed by atoms with Crippen molar-refractivity contribution in [1.82, 2.24) is 10.2 Å². The number of hydrogen-bond donors (Lipinski definition) is 1. The van der Waals surface area contributed by atoms with Crippen LogP contribution in [0.3, 0.4) is 0 Å². The molecule has 2 rings (SSSR count). The van der Waals surface area contributed by atoms with E-state index in [1.54, 1.807) is 17.8 Å². The molecule has 0 aliphatic carbocycles. The van der Waals surface area contributed by atoms with E-state index in [1.165, 1.54) is 18.9 Å². The molecule has 0 spiro atoms. The fraction of sp³-hybridized carbons (Fsp3) is 0.600. The van der Waals surface area contributed by atoms with E-state index in [1.807, 2.05) is 12.1 Å². The summed E-state index contributed by atoms with van der Waals surface area (Å²) in [4.78, 5) is 3.32. The van der Waals surface area contributed by atoms with Crippen LogP contribution in [0.5, 0.6) is 0 Å². The average Bonchev–Trinajstić information content (AvgIpc) is 2.94. The maximum absolute atomic E-state index is 13.5. The van der Waals surface area contributed by atoms with E-state index < -0.39 is 0 Å². The standard InChI is InChI=1S/C15H23FN2S/c1-2-9-18(13-7-8-17-12-13)10-11-19-15-6-4-3-5-14(15)16/h3-6,13,17H,2,7-12H2,1H3. The minimum atomic E-state index is -0.0999. The molecule has 1 heterocycles. The molecule has 1 fully saturated rings. The summed E-state index contributed by atoms with van der Waals surface area (Å²) in [5, 5.41) is 3.42. The first-order valence-electron chi connectivity index (χ1n) is 7.13. The minimum absolute atomic E-state index is 0.0999. The molecule has 0 aromatic heterocycles. The van der Waals surface area contributed by atoms with Crippen LogP contribution in [0.2, 0.25) is 0 Å². The normalized spacial score (nSPS) is 19.2. The number of thioether (sulfide) groups is 1. The fourth-order valence-electron chi connectivity index (χ4n) is 2.55. The third-order valence-electron chi connectivity index (χ3n) is 3.53. The number of rotatable bonds is 7. The third-order valence-corrected chi connectivity index (χ3v) is 4.56. The molecule has 0 saturated carbocycles. The summed E-state index contributed by atoms with van der Waals surface area (Å²) in [6, 6.07) is 7.71. The molecule has 1 aliphatic heterocycles. The van der Waals surface area contributed by atoms with Crippen LogP contribution >= 0.6 is 11.8 Å². The number of halogens is 1. The molecule has 1 saturated heterocycles. The van der Waals surface area contributed by atoms with Gasteiger partial charge in [-0.15, -0.1) is 11.8 Å². The minimum Gasteiger partial charge on any atom is -0.315 e. The molecule has 0 radical (unpaired) electrons. The van der Waals surface area contributed by atoms with Crippen molar-refractivity contribution in [3.05, 3.63) is 30.1 Å². The van der Waals surface area contributed by atoms with Gasteiger partial charge in [0.2, 0.25) is 0 Å². The first-order valence-corrected chi connectivity index (χ1v) is 8.12. The molecule has 1 unspecified atom stereocenters. The van der Waals surface area contributed by atoms with Crippen molar-refractivity contribution in [2.45, 2.75) is 30.7 Å². The van der Waals surface area contributed by atoms with E-state index in [9.17, 15) is 4.39 Å². The van der Waals surface area contributed by atoms with Gasteiger partial charge < -0.3 is 5.32 Å². The van der Waals surface area contributed by atoms with E-state index in [4.69, 9.17) is 0 Å². The molecule has 1 aromatic rings. The Hall–Kier alpha value is -0.580. The first kappa shape index (κ1) is 14.8. The second kappa shape index (κ2) is 7.88. The smallest absolute Gasteiger partial charge is 0.136 e. The van der Waals surface area contributed by atoms with E-state index in [2.05, 4.69) is 17.1 Å². The van der Waals surface area contributed by atoms with Crippen LogP contribution in [0.25, 0.3) is 0 Å². The van der Waals surface area contributed by atoms with Crippen LogP contribution in [0.15, 0.2) is 29.2 Å². The second-order valence-corrected chi connectivity index (χ2v) is 6.10. The first-order chi connectivity index (χ1) is 9.31. The van der Waals surface area contributed by atoms with Crippen molar-refractivity contribution in [3.63, 3.8) is 0 Å². The van der Waals surface area contributed by atoms with Crippen molar-refractivity contribution in [2.24, 2.45) is 0 Å². The maximum Gasteiger partial charge on any atom is 0.136 e. The third kappa shape index (κ3) is 4.48. The van der Waals surface area contributed by atoms with Crippen LogP contribution in [0, 0.1) is 5.82 Å². The van der Waals surface area contributed by atoms with Crippen molar-refractivity contribution in [1.29, 1.82) is 0 Å². The van der Waals surface area contributed by atoms with Crippen LogP contribution in [-0.4, -0.2) is 42.9 Å². The Morgan fingerprint density at radius 2 is 2.21 bits per heavy atom. The summed E-state index contributed by atoms with van der Waals surface area (Å²) in [6.45, 7) is 6.64. The summed E-state index contributed by atoms with van der Waals surface area (Å²) < 4.78 is 13.5. The zero-order valence-corrected chi connectivity index (χ0v) is 12.4. The van der Waals surface area contributed by atoms with E-state index >= 15 is 0 Å². The lowest BCUT2D eigenvalue weighted by Crippen LogP contribution is -2.38. The highest BCUT2D eigenvalue weighted by molar-refractivity contribution is 7.99. The summed E-state index contributed by atoms with van der Waals surface area (Å²) in [5.41, 5.74) is 0. The van der Waals surface area contributed by atoms with Crippen LogP contribution in [0.1, 0.15) is 19.8 Å². The zero-order valence-electron chi connectivity index (χ0n) is 11.6. The van der Waals surface area contributed by atoms with Gasteiger partial charge in [0.05, 0.1) is 0 Å². The predicted molar refractivity (Wildman–Crippen MR) is 80.3 cm³/mol. The Bertz CT molecular complexity index is 380. The molecule has 4 heteroatoms. The second-order valence-electron chi connectivity index (χ2n) is 4.96. The Kier molecular flexibility index (Phi) is 6.14. The SMILES string of the molecule is CCCN(CCSc1ccccc1F)C1CCNC1. The van der Waals surface area contributed by atoms with Gasteiger partial charge in [-0.3, -0.25) is 4.90 Å². The van der Waals surface area contributed by atoms with Gasteiger partial charge in [-0.05, 0) is 38.1 Å². The highest BCUT2D eigenvalue weighted by Crippen LogP contribution is 2.21. The molecule has 0 amide bonds. The Labute approximate surface area is 119 Å². The van der Waals surface area contributed by atoms with Crippen LogP contribution < -0.4 is 5.32 Å². The summed E-state index contributed by atoms with van der Waals surface area (Å²) in [5.74, 6) is 0.856.